The van der Waals surface area contributed by atoms with E-state index in [1.807, 2.05) is 47.3 Å². The van der Waals surface area contributed by atoms with Crippen molar-refractivity contribution < 1.29 is 5.11 Å². The van der Waals surface area contributed by atoms with Gasteiger partial charge in [0.15, 0.2) is 0 Å². The first-order valence-corrected chi connectivity index (χ1v) is 6.74. The predicted molar refractivity (Wildman–Crippen MR) is 76.2 cm³/mol. The minimum absolute atomic E-state index is 0.259. The molecule has 1 unspecified atom stereocenters. The lowest BCUT2D eigenvalue weighted by Crippen LogP contribution is -2.25. The van der Waals surface area contributed by atoms with Crippen molar-refractivity contribution in [3.63, 3.8) is 0 Å². The number of hydrogen-bond donors (Lipinski definition) is 2. The fourth-order valence-corrected chi connectivity index (χ4v) is 1.96. The molecule has 2 N–H and O–H groups in total. The number of aliphatic hydroxyl groups is 1. The van der Waals surface area contributed by atoms with E-state index in [0.29, 0.717) is 6.04 Å². The maximum absolute atomic E-state index is 8.79. The van der Waals surface area contributed by atoms with Crippen molar-refractivity contribution in [3.8, 4) is 5.69 Å². The van der Waals surface area contributed by atoms with Gasteiger partial charge in [-0.15, -0.1) is 0 Å². The minimum atomic E-state index is 0.259. The Morgan fingerprint density at radius 3 is 2.79 bits per heavy atom. The fraction of sp³-hybridized carbons (Fsp3) is 0.400. The average molecular weight is 259 g/mol. The van der Waals surface area contributed by atoms with Crippen LogP contribution in [-0.4, -0.2) is 27.5 Å². The highest BCUT2D eigenvalue weighted by molar-refractivity contribution is 5.30. The SMILES string of the molecule is CC(CCCO)NCc1ccn(-c2ccccc2)n1. The lowest BCUT2D eigenvalue weighted by Gasteiger charge is -2.11. The molecular formula is C15H21N3O. The maximum atomic E-state index is 8.79. The molecule has 0 aliphatic carbocycles. The molecule has 4 nitrogen and oxygen atoms in total. The number of hydrogen-bond acceptors (Lipinski definition) is 3. The number of benzene rings is 1. The smallest absolute Gasteiger partial charge is 0.0766 e. The van der Waals surface area contributed by atoms with E-state index in [-0.39, 0.29) is 6.61 Å². The molecule has 0 spiro atoms. The summed E-state index contributed by atoms with van der Waals surface area (Å²) < 4.78 is 1.88. The molecule has 4 heteroatoms. The lowest BCUT2D eigenvalue weighted by molar-refractivity contribution is 0.276. The highest BCUT2D eigenvalue weighted by Gasteiger charge is 2.04. The van der Waals surface area contributed by atoms with Crippen molar-refractivity contribution in [1.82, 2.24) is 15.1 Å². The summed E-state index contributed by atoms with van der Waals surface area (Å²) in [6.45, 7) is 3.14. The molecule has 2 rings (SSSR count). The summed E-state index contributed by atoms with van der Waals surface area (Å²) in [5.74, 6) is 0. The molecule has 0 bridgehead atoms. The van der Waals surface area contributed by atoms with Crippen molar-refractivity contribution in [3.05, 3.63) is 48.3 Å². The van der Waals surface area contributed by atoms with Gasteiger partial charge in [-0.3, -0.25) is 0 Å². The largest absolute Gasteiger partial charge is 0.396 e. The topological polar surface area (TPSA) is 50.1 Å². The highest BCUT2D eigenvalue weighted by atomic mass is 16.2. The molecule has 1 aromatic heterocycles. The molecule has 19 heavy (non-hydrogen) atoms. The summed E-state index contributed by atoms with van der Waals surface area (Å²) in [6, 6.07) is 12.5. The van der Waals surface area contributed by atoms with Crippen LogP contribution in [0.15, 0.2) is 42.6 Å². The number of rotatable bonds is 7. The van der Waals surface area contributed by atoms with Gasteiger partial charge in [0.1, 0.15) is 0 Å². The van der Waals surface area contributed by atoms with Crippen molar-refractivity contribution >= 4 is 0 Å². The molecule has 1 heterocycles. The van der Waals surface area contributed by atoms with Gasteiger partial charge in [0, 0.05) is 25.4 Å². The first-order chi connectivity index (χ1) is 9.29. The average Bonchev–Trinajstić information content (AvgIpc) is 2.93. The van der Waals surface area contributed by atoms with Crippen LogP contribution in [0.1, 0.15) is 25.5 Å². The van der Waals surface area contributed by atoms with E-state index in [4.69, 9.17) is 5.11 Å². The van der Waals surface area contributed by atoms with Gasteiger partial charge in [-0.2, -0.15) is 5.10 Å². The van der Waals surface area contributed by atoms with Crippen LogP contribution >= 0.6 is 0 Å². The van der Waals surface area contributed by atoms with Gasteiger partial charge < -0.3 is 10.4 Å². The summed E-state index contributed by atoms with van der Waals surface area (Å²) in [5.41, 5.74) is 2.10. The van der Waals surface area contributed by atoms with Crippen LogP contribution in [0.5, 0.6) is 0 Å². The van der Waals surface area contributed by atoms with Crippen LogP contribution in [0.2, 0.25) is 0 Å². The van der Waals surface area contributed by atoms with Crippen LogP contribution in [0.3, 0.4) is 0 Å². The minimum Gasteiger partial charge on any atom is -0.396 e. The molecule has 0 saturated heterocycles. The van der Waals surface area contributed by atoms with E-state index in [0.717, 1.165) is 30.8 Å². The van der Waals surface area contributed by atoms with Crippen LogP contribution in [0.25, 0.3) is 5.69 Å². The first kappa shape index (κ1) is 13.8. The molecule has 1 atom stereocenters. The monoisotopic (exact) mass is 259 g/mol. The maximum Gasteiger partial charge on any atom is 0.0766 e. The zero-order valence-corrected chi connectivity index (χ0v) is 11.3. The Hall–Kier alpha value is -1.65. The van der Waals surface area contributed by atoms with E-state index in [9.17, 15) is 0 Å². The van der Waals surface area contributed by atoms with Crippen LogP contribution in [-0.2, 0) is 6.54 Å². The fourth-order valence-electron chi connectivity index (χ4n) is 1.96. The Morgan fingerprint density at radius 1 is 1.26 bits per heavy atom. The second kappa shape index (κ2) is 7.07. The van der Waals surface area contributed by atoms with Gasteiger partial charge in [0.2, 0.25) is 0 Å². The molecule has 102 valence electrons. The lowest BCUT2D eigenvalue weighted by atomic mass is 10.2. The molecule has 2 aromatic rings. The molecule has 0 aliphatic rings. The molecule has 1 aromatic carbocycles. The van der Waals surface area contributed by atoms with E-state index in [1.165, 1.54) is 0 Å². The van der Waals surface area contributed by atoms with E-state index >= 15 is 0 Å². The first-order valence-electron chi connectivity index (χ1n) is 6.74. The molecule has 0 radical (unpaired) electrons. The van der Waals surface area contributed by atoms with Gasteiger partial charge >= 0.3 is 0 Å². The third kappa shape index (κ3) is 4.19. The van der Waals surface area contributed by atoms with Gasteiger partial charge in [-0.25, -0.2) is 4.68 Å². The molecule has 0 amide bonds. The Balaban J connectivity index is 1.88. The summed E-state index contributed by atoms with van der Waals surface area (Å²) >= 11 is 0. The predicted octanol–water partition coefficient (Wildman–Crippen LogP) is 2.12. The second-order valence-electron chi connectivity index (χ2n) is 4.73. The Kier molecular flexibility index (Phi) is 5.12. The third-order valence-electron chi connectivity index (χ3n) is 3.09. The number of aromatic nitrogens is 2. The van der Waals surface area contributed by atoms with Crippen LogP contribution in [0, 0.1) is 0 Å². The zero-order valence-electron chi connectivity index (χ0n) is 11.3. The van der Waals surface area contributed by atoms with Crippen molar-refractivity contribution in [1.29, 1.82) is 0 Å². The van der Waals surface area contributed by atoms with Crippen molar-refractivity contribution in [2.45, 2.75) is 32.4 Å². The van der Waals surface area contributed by atoms with Crippen molar-refractivity contribution in [2.75, 3.05) is 6.61 Å². The molecule has 0 saturated carbocycles. The molecule has 0 fully saturated rings. The summed E-state index contributed by atoms with van der Waals surface area (Å²) in [6.07, 6.45) is 3.80. The summed E-state index contributed by atoms with van der Waals surface area (Å²) in [5, 5.41) is 16.7. The van der Waals surface area contributed by atoms with Crippen LogP contribution < -0.4 is 5.32 Å². The van der Waals surface area contributed by atoms with Gasteiger partial charge in [0.05, 0.1) is 11.4 Å². The van der Waals surface area contributed by atoms with E-state index in [1.54, 1.807) is 0 Å². The Bertz CT molecular complexity index is 481. The highest BCUT2D eigenvalue weighted by Crippen LogP contribution is 2.07. The van der Waals surface area contributed by atoms with E-state index < -0.39 is 0 Å². The van der Waals surface area contributed by atoms with E-state index in [2.05, 4.69) is 17.3 Å². The summed E-state index contributed by atoms with van der Waals surface area (Å²) in [7, 11) is 0. The Labute approximate surface area is 114 Å². The van der Waals surface area contributed by atoms with Crippen LogP contribution in [0.4, 0.5) is 0 Å². The third-order valence-corrected chi connectivity index (χ3v) is 3.09. The second-order valence-corrected chi connectivity index (χ2v) is 4.73. The Morgan fingerprint density at radius 2 is 2.05 bits per heavy atom. The zero-order chi connectivity index (χ0) is 13.5. The standard InChI is InChI=1S/C15H21N3O/c1-13(6-5-11-19)16-12-14-9-10-18(17-14)15-7-3-2-4-8-15/h2-4,7-10,13,16,19H,5-6,11-12H2,1H3. The number of para-hydroxylation sites is 1. The number of nitrogens with zero attached hydrogens (tertiary/aromatic N) is 2. The normalized spacial score (nSPS) is 12.5. The molecular weight excluding hydrogens is 238 g/mol. The molecule has 0 aliphatic heterocycles. The van der Waals surface area contributed by atoms with Gasteiger partial charge in [-0.05, 0) is 38.0 Å². The number of nitrogens with one attached hydrogen (secondary N) is 1. The van der Waals surface area contributed by atoms with Gasteiger partial charge in [0.25, 0.3) is 0 Å². The summed E-state index contributed by atoms with van der Waals surface area (Å²) in [4.78, 5) is 0. The number of aliphatic hydroxyl groups excluding tert-OH is 1. The van der Waals surface area contributed by atoms with Gasteiger partial charge in [-0.1, -0.05) is 18.2 Å². The van der Waals surface area contributed by atoms with Crippen molar-refractivity contribution in [2.24, 2.45) is 0 Å². The quantitative estimate of drug-likeness (QED) is 0.801.